The van der Waals surface area contributed by atoms with Crippen LogP contribution in [0.15, 0.2) is 0 Å². The molecule has 2 unspecified atom stereocenters. The average Bonchev–Trinajstić information content (AvgIpc) is 2.25. The van der Waals surface area contributed by atoms with Crippen molar-refractivity contribution in [3.63, 3.8) is 0 Å². The van der Waals surface area contributed by atoms with E-state index >= 15 is 0 Å². The van der Waals surface area contributed by atoms with E-state index < -0.39 is 35.5 Å². The van der Waals surface area contributed by atoms with Gasteiger partial charge in [0.2, 0.25) is 0 Å². The molecule has 108 valence electrons. The molecule has 0 bridgehead atoms. The number of hydrogen-bond acceptors (Lipinski definition) is 4. The molecule has 4 nitrogen and oxygen atoms in total. The van der Waals surface area contributed by atoms with Crippen LogP contribution in [0.25, 0.3) is 0 Å². The van der Waals surface area contributed by atoms with Gasteiger partial charge < -0.3 is 9.47 Å². The van der Waals surface area contributed by atoms with Crippen molar-refractivity contribution in [1.29, 1.82) is 0 Å². The molecule has 0 fully saturated rings. The van der Waals surface area contributed by atoms with Gasteiger partial charge in [0.1, 0.15) is 6.61 Å². The fourth-order valence-corrected chi connectivity index (χ4v) is 2.44. The van der Waals surface area contributed by atoms with Gasteiger partial charge in [-0.15, -0.1) is 0 Å². The number of methoxy groups -OCH3 is 1. The molecule has 0 aliphatic heterocycles. The topological polar surface area (TPSA) is 52.6 Å². The molecule has 8 heteroatoms. The van der Waals surface area contributed by atoms with Gasteiger partial charge in [-0.05, 0) is 6.42 Å². The molecule has 0 aromatic carbocycles. The van der Waals surface area contributed by atoms with E-state index in [1.807, 2.05) is 0 Å². The Morgan fingerprint density at radius 2 is 2.00 bits per heavy atom. The van der Waals surface area contributed by atoms with Crippen LogP contribution in [0.3, 0.4) is 0 Å². The predicted octanol–water partition coefficient (Wildman–Crippen LogP) is 1.51. The Balaban J connectivity index is 3.63. The summed E-state index contributed by atoms with van der Waals surface area (Å²) in [4.78, 5) is 11.0. The summed E-state index contributed by atoms with van der Waals surface area (Å²) in [7, 11) is -0.0162. The van der Waals surface area contributed by atoms with E-state index in [0.717, 1.165) is 0 Å². The largest absolute Gasteiger partial charge is 0.469 e. The summed E-state index contributed by atoms with van der Waals surface area (Å²) >= 11 is 0. The van der Waals surface area contributed by atoms with Gasteiger partial charge in [-0.2, -0.15) is 13.2 Å². The lowest BCUT2D eigenvalue weighted by molar-refractivity contribution is -0.173. The summed E-state index contributed by atoms with van der Waals surface area (Å²) in [5, 5.41) is 0. The van der Waals surface area contributed by atoms with Crippen molar-refractivity contribution in [2.75, 3.05) is 31.8 Å². The van der Waals surface area contributed by atoms with Gasteiger partial charge in [-0.25, -0.2) is 0 Å². The molecular formula is C10H17F3O4S. The van der Waals surface area contributed by atoms with Crippen molar-refractivity contribution >= 4 is 16.8 Å². The first-order valence-corrected chi connectivity index (χ1v) is 6.82. The minimum atomic E-state index is -4.33. The standard InChI is InChI=1S/C10H17F3O4S/c1-8(9(14)16-2)6-18(15)5-3-4-17-7-10(11,12)13/h8H,3-7H2,1-2H3. The summed E-state index contributed by atoms with van der Waals surface area (Å²) in [6.45, 7) is 0.194. The van der Waals surface area contributed by atoms with Crippen molar-refractivity contribution in [3.05, 3.63) is 0 Å². The van der Waals surface area contributed by atoms with Crippen LogP contribution in [-0.4, -0.2) is 48.2 Å². The van der Waals surface area contributed by atoms with Crippen LogP contribution in [0.1, 0.15) is 13.3 Å². The van der Waals surface area contributed by atoms with E-state index in [2.05, 4.69) is 9.47 Å². The van der Waals surface area contributed by atoms with Crippen molar-refractivity contribution in [2.24, 2.45) is 5.92 Å². The van der Waals surface area contributed by atoms with E-state index in [4.69, 9.17) is 0 Å². The van der Waals surface area contributed by atoms with Crippen LogP contribution in [0.4, 0.5) is 13.2 Å². The minimum Gasteiger partial charge on any atom is -0.469 e. The lowest BCUT2D eigenvalue weighted by atomic mass is 10.2. The molecule has 0 spiro atoms. The number of rotatable bonds is 8. The van der Waals surface area contributed by atoms with E-state index in [1.165, 1.54) is 7.11 Å². The molecule has 0 saturated carbocycles. The molecule has 0 heterocycles. The Bertz CT molecular complexity index is 281. The van der Waals surface area contributed by atoms with E-state index in [1.54, 1.807) is 6.92 Å². The normalized spacial score (nSPS) is 15.2. The molecule has 0 saturated heterocycles. The minimum absolute atomic E-state index is 0.0994. The van der Waals surface area contributed by atoms with Crippen LogP contribution in [0, 0.1) is 5.92 Å². The number of carbonyl (C=O) groups is 1. The second-order valence-corrected chi connectivity index (χ2v) is 5.38. The first-order chi connectivity index (χ1) is 8.26. The molecule has 0 aromatic heterocycles. The molecule has 0 radical (unpaired) electrons. The zero-order valence-electron chi connectivity index (χ0n) is 10.3. The van der Waals surface area contributed by atoms with Crippen molar-refractivity contribution in [2.45, 2.75) is 19.5 Å². The maximum absolute atomic E-state index is 11.7. The Morgan fingerprint density at radius 3 is 2.50 bits per heavy atom. The molecule has 0 aromatic rings. The van der Waals surface area contributed by atoms with Gasteiger partial charge in [0.25, 0.3) is 0 Å². The molecular weight excluding hydrogens is 273 g/mol. The number of alkyl halides is 3. The Kier molecular flexibility index (Phi) is 8.17. The molecule has 0 rings (SSSR count). The van der Waals surface area contributed by atoms with E-state index in [-0.39, 0.29) is 24.5 Å². The predicted molar refractivity (Wildman–Crippen MR) is 60.5 cm³/mol. The fourth-order valence-electron chi connectivity index (χ4n) is 1.14. The van der Waals surface area contributed by atoms with Crippen LogP contribution < -0.4 is 0 Å². The van der Waals surface area contributed by atoms with Crippen molar-refractivity contribution in [1.82, 2.24) is 0 Å². The Morgan fingerprint density at radius 1 is 1.39 bits per heavy atom. The number of carbonyl (C=O) groups excluding carboxylic acids is 1. The molecule has 2 atom stereocenters. The van der Waals surface area contributed by atoms with Gasteiger partial charge >= 0.3 is 12.1 Å². The quantitative estimate of drug-likeness (QED) is 0.502. The van der Waals surface area contributed by atoms with Crippen LogP contribution >= 0.6 is 0 Å². The van der Waals surface area contributed by atoms with Gasteiger partial charge in [-0.1, -0.05) is 6.92 Å². The maximum Gasteiger partial charge on any atom is 0.411 e. The molecule has 0 N–H and O–H groups in total. The van der Waals surface area contributed by atoms with E-state index in [0.29, 0.717) is 0 Å². The molecule has 0 amide bonds. The third-order valence-electron chi connectivity index (χ3n) is 1.97. The highest BCUT2D eigenvalue weighted by molar-refractivity contribution is 7.85. The number of halogens is 3. The highest BCUT2D eigenvalue weighted by Crippen LogP contribution is 2.14. The van der Waals surface area contributed by atoms with Crippen molar-refractivity contribution in [3.8, 4) is 0 Å². The Hall–Kier alpha value is -0.630. The molecule has 0 aliphatic rings. The SMILES string of the molecule is COC(=O)C(C)CS(=O)CCCOCC(F)(F)F. The smallest absolute Gasteiger partial charge is 0.411 e. The first kappa shape index (κ1) is 17.4. The maximum atomic E-state index is 11.7. The van der Waals surface area contributed by atoms with Crippen LogP contribution in [0.5, 0.6) is 0 Å². The fraction of sp³-hybridized carbons (Fsp3) is 0.900. The second-order valence-electron chi connectivity index (χ2n) is 3.76. The van der Waals surface area contributed by atoms with E-state index in [9.17, 15) is 22.2 Å². The third kappa shape index (κ3) is 9.41. The number of hydrogen-bond donors (Lipinski definition) is 0. The van der Waals surface area contributed by atoms with Crippen LogP contribution in [-0.2, 0) is 25.1 Å². The Labute approximate surface area is 106 Å². The van der Waals surface area contributed by atoms with Gasteiger partial charge in [-0.3, -0.25) is 9.00 Å². The number of ether oxygens (including phenoxy) is 2. The summed E-state index contributed by atoms with van der Waals surface area (Å²) in [6, 6.07) is 0. The van der Waals surface area contributed by atoms with Crippen LogP contribution in [0.2, 0.25) is 0 Å². The third-order valence-corrected chi connectivity index (χ3v) is 3.58. The highest BCUT2D eigenvalue weighted by Gasteiger charge is 2.27. The summed E-state index contributed by atoms with van der Waals surface area (Å²) in [5.74, 6) is -0.575. The molecule has 18 heavy (non-hydrogen) atoms. The lowest BCUT2D eigenvalue weighted by Crippen LogP contribution is -2.21. The molecule has 0 aliphatic carbocycles. The first-order valence-electron chi connectivity index (χ1n) is 5.33. The highest BCUT2D eigenvalue weighted by atomic mass is 32.2. The lowest BCUT2D eigenvalue weighted by Gasteiger charge is -2.09. The summed E-state index contributed by atoms with van der Waals surface area (Å²) < 4.78 is 55.4. The number of esters is 1. The van der Waals surface area contributed by atoms with Gasteiger partial charge in [0, 0.05) is 28.9 Å². The second kappa shape index (κ2) is 8.47. The summed E-state index contributed by atoms with van der Waals surface area (Å²) in [6.07, 6.45) is -4.07. The average molecular weight is 290 g/mol. The zero-order valence-corrected chi connectivity index (χ0v) is 11.1. The summed E-state index contributed by atoms with van der Waals surface area (Å²) in [5.41, 5.74) is 0. The van der Waals surface area contributed by atoms with Gasteiger partial charge in [0.05, 0.1) is 13.0 Å². The zero-order chi connectivity index (χ0) is 14.2. The van der Waals surface area contributed by atoms with Gasteiger partial charge in [0.15, 0.2) is 0 Å². The van der Waals surface area contributed by atoms with Crippen molar-refractivity contribution < 1.29 is 31.6 Å². The monoisotopic (exact) mass is 290 g/mol.